The topological polar surface area (TPSA) is 63.2 Å². The first kappa shape index (κ1) is 21.2. The van der Waals surface area contributed by atoms with Crippen LogP contribution in [0.3, 0.4) is 0 Å². The Bertz CT molecular complexity index is 884. The van der Waals surface area contributed by atoms with Crippen LogP contribution in [0, 0.1) is 5.92 Å². The zero-order valence-electron chi connectivity index (χ0n) is 16.7. The maximum atomic E-state index is 12.8. The number of carbonyl (C=O) groups excluding carboxylic acids is 1. The van der Waals surface area contributed by atoms with Gasteiger partial charge in [-0.3, -0.25) is 4.79 Å². The maximum Gasteiger partial charge on any atom is 0.251 e. The Morgan fingerprint density at radius 1 is 0.963 bits per heavy atom. The molecule has 0 bridgehead atoms. The Kier molecular flexibility index (Phi) is 6.82. The van der Waals surface area contributed by atoms with Gasteiger partial charge in [-0.15, -0.1) is 0 Å². The number of amides is 1. The minimum absolute atomic E-state index is 0.0710. The quantitative estimate of drug-likeness (QED) is 0.762. The van der Waals surface area contributed by atoms with Crippen LogP contribution in [0.1, 0.15) is 66.7 Å². The van der Waals surface area contributed by atoms with Gasteiger partial charge >= 0.3 is 0 Å². The van der Waals surface area contributed by atoms with Crippen molar-refractivity contribution in [3.05, 3.63) is 70.8 Å². The van der Waals surface area contributed by atoms with Crippen LogP contribution < -0.4 is 5.32 Å². The summed E-state index contributed by atoms with van der Waals surface area (Å²) in [5.41, 5.74) is 3.42. The number of hydrogen-bond donors (Lipinski definition) is 1. The minimum Gasteiger partial charge on any atom is -0.345 e. The zero-order valence-corrected chi connectivity index (χ0v) is 17.5. The molecule has 146 valence electrons. The molecule has 27 heavy (non-hydrogen) atoms. The van der Waals surface area contributed by atoms with Crippen molar-refractivity contribution in [1.82, 2.24) is 5.32 Å². The van der Waals surface area contributed by atoms with Gasteiger partial charge in [0.25, 0.3) is 5.91 Å². The van der Waals surface area contributed by atoms with E-state index >= 15 is 0 Å². The van der Waals surface area contributed by atoms with Crippen molar-refractivity contribution in [2.75, 3.05) is 6.26 Å². The van der Waals surface area contributed by atoms with Crippen LogP contribution in [-0.4, -0.2) is 20.6 Å². The Morgan fingerprint density at radius 2 is 1.56 bits per heavy atom. The van der Waals surface area contributed by atoms with Crippen LogP contribution in [-0.2, 0) is 15.6 Å². The number of sulfone groups is 1. The third-order valence-electron chi connectivity index (χ3n) is 4.53. The van der Waals surface area contributed by atoms with E-state index in [1.54, 1.807) is 24.3 Å². The van der Waals surface area contributed by atoms with Crippen molar-refractivity contribution < 1.29 is 13.2 Å². The normalized spacial score (nSPS) is 13.0. The molecule has 1 unspecified atom stereocenters. The van der Waals surface area contributed by atoms with Crippen LogP contribution in [0.2, 0.25) is 0 Å². The standard InChI is InChI=1S/C22H29NO3S/c1-15(2)18-9-11-19(12-10-18)21(16(3)4)23-22(24)20-8-6-7-17(13-20)14-27(5,25)26/h6-13,15-16,21H,14H2,1-5H3,(H,23,24). The summed E-state index contributed by atoms with van der Waals surface area (Å²) in [6.07, 6.45) is 1.19. The van der Waals surface area contributed by atoms with E-state index in [-0.39, 0.29) is 23.6 Å². The van der Waals surface area contributed by atoms with Crippen molar-refractivity contribution in [1.29, 1.82) is 0 Å². The predicted molar refractivity (Wildman–Crippen MR) is 111 cm³/mol. The van der Waals surface area contributed by atoms with Gasteiger partial charge in [0.1, 0.15) is 0 Å². The Balaban J connectivity index is 2.21. The number of benzene rings is 2. The molecule has 0 fully saturated rings. The van der Waals surface area contributed by atoms with Crippen molar-refractivity contribution in [2.45, 2.75) is 45.4 Å². The molecule has 0 aromatic heterocycles. The van der Waals surface area contributed by atoms with E-state index in [4.69, 9.17) is 0 Å². The Labute approximate surface area is 162 Å². The SMILES string of the molecule is CC(C)c1ccc(C(NC(=O)c2cccc(CS(C)(=O)=O)c2)C(C)C)cc1. The smallest absolute Gasteiger partial charge is 0.251 e. The molecule has 5 heteroatoms. The second kappa shape index (κ2) is 8.70. The lowest BCUT2D eigenvalue weighted by molar-refractivity contribution is 0.0925. The van der Waals surface area contributed by atoms with Crippen molar-refractivity contribution in [2.24, 2.45) is 5.92 Å². The molecule has 1 N–H and O–H groups in total. The van der Waals surface area contributed by atoms with Crippen LogP contribution in [0.15, 0.2) is 48.5 Å². The monoisotopic (exact) mass is 387 g/mol. The molecule has 0 saturated carbocycles. The van der Waals surface area contributed by atoms with Crippen molar-refractivity contribution in [3.8, 4) is 0 Å². The first-order valence-electron chi connectivity index (χ1n) is 9.24. The number of carbonyl (C=O) groups is 1. The maximum absolute atomic E-state index is 12.8. The van der Waals surface area contributed by atoms with Gasteiger partial charge in [-0.05, 0) is 40.7 Å². The van der Waals surface area contributed by atoms with E-state index in [9.17, 15) is 13.2 Å². The van der Waals surface area contributed by atoms with Crippen LogP contribution in [0.25, 0.3) is 0 Å². The third-order valence-corrected chi connectivity index (χ3v) is 5.39. The highest BCUT2D eigenvalue weighted by molar-refractivity contribution is 7.89. The third kappa shape index (κ3) is 6.21. The average Bonchev–Trinajstić information content (AvgIpc) is 2.58. The summed E-state index contributed by atoms with van der Waals surface area (Å²) in [6, 6.07) is 15.0. The van der Waals surface area contributed by atoms with Gasteiger partial charge in [0, 0.05) is 11.8 Å². The summed E-state index contributed by atoms with van der Waals surface area (Å²) in [4.78, 5) is 12.8. The van der Waals surface area contributed by atoms with Gasteiger partial charge in [-0.1, -0.05) is 64.1 Å². The van der Waals surface area contributed by atoms with E-state index in [1.807, 2.05) is 0 Å². The van der Waals surface area contributed by atoms with Gasteiger partial charge in [-0.2, -0.15) is 0 Å². The van der Waals surface area contributed by atoms with E-state index in [0.717, 1.165) is 5.56 Å². The molecule has 2 aromatic rings. The minimum atomic E-state index is -3.14. The lowest BCUT2D eigenvalue weighted by Gasteiger charge is -2.23. The summed E-state index contributed by atoms with van der Waals surface area (Å²) in [5.74, 6) is 0.414. The van der Waals surface area contributed by atoms with Crippen LogP contribution in [0.4, 0.5) is 0 Å². The number of nitrogens with one attached hydrogen (secondary N) is 1. The van der Waals surface area contributed by atoms with Gasteiger partial charge < -0.3 is 5.32 Å². The second-order valence-corrected chi connectivity index (χ2v) is 9.93. The van der Waals surface area contributed by atoms with E-state index < -0.39 is 9.84 Å². The van der Waals surface area contributed by atoms with Gasteiger partial charge in [0.05, 0.1) is 11.8 Å². The molecule has 0 spiro atoms. The fourth-order valence-electron chi connectivity index (χ4n) is 3.05. The average molecular weight is 388 g/mol. The molecule has 4 nitrogen and oxygen atoms in total. The van der Waals surface area contributed by atoms with Gasteiger partial charge in [0.15, 0.2) is 9.84 Å². The lowest BCUT2D eigenvalue weighted by Crippen LogP contribution is -2.31. The van der Waals surface area contributed by atoms with E-state index in [2.05, 4.69) is 57.3 Å². The van der Waals surface area contributed by atoms with E-state index in [0.29, 0.717) is 17.0 Å². The molecule has 0 aliphatic rings. The highest BCUT2D eigenvalue weighted by Gasteiger charge is 2.20. The molecule has 0 aliphatic heterocycles. The van der Waals surface area contributed by atoms with Gasteiger partial charge in [0.2, 0.25) is 0 Å². The molecule has 0 heterocycles. The summed E-state index contributed by atoms with van der Waals surface area (Å²) < 4.78 is 23.0. The zero-order chi connectivity index (χ0) is 20.2. The molecular weight excluding hydrogens is 358 g/mol. The number of hydrogen-bond acceptors (Lipinski definition) is 3. The summed E-state index contributed by atoms with van der Waals surface area (Å²) in [6.45, 7) is 8.45. The van der Waals surface area contributed by atoms with Gasteiger partial charge in [-0.25, -0.2) is 8.42 Å². The lowest BCUT2D eigenvalue weighted by atomic mass is 9.93. The molecular formula is C22H29NO3S. The molecule has 0 saturated heterocycles. The molecule has 1 atom stereocenters. The molecule has 2 aromatic carbocycles. The summed E-state index contributed by atoms with van der Waals surface area (Å²) >= 11 is 0. The fourth-order valence-corrected chi connectivity index (χ4v) is 3.84. The largest absolute Gasteiger partial charge is 0.345 e. The van der Waals surface area contributed by atoms with Crippen molar-refractivity contribution in [3.63, 3.8) is 0 Å². The fraction of sp³-hybridized carbons (Fsp3) is 0.409. The molecule has 2 rings (SSSR count). The summed E-state index contributed by atoms with van der Waals surface area (Å²) in [7, 11) is -3.14. The van der Waals surface area contributed by atoms with Crippen LogP contribution >= 0.6 is 0 Å². The molecule has 0 aliphatic carbocycles. The highest BCUT2D eigenvalue weighted by Crippen LogP contribution is 2.24. The molecule has 0 radical (unpaired) electrons. The predicted octanol–water partition coefficient (Wildman–Crippen LogP) is 4.48. The Hall–Kier alpha value is -2.14. The summed E-state index contributed by atoms with van der Waals surface area (Å²) in [5, 5.41) is 3.10. The second-order valence-electron chi connectivity index (χ2n) is 7.79. The number of rotatable bonds is 7. The first-order chi connectivity index (χ1) is 12.6. The Morgan fingerprint density at radius 3 is 2.07 bits per heavy atom. The van der Waals surface area contributed by atoms with Crippen LogP contribution in [0.5, 0.6) is 0 Å². The van der Waals surface area contributed by atoms with E-state index in [1.165, 1.54) is 11.8 Å². The van der Waals surface area contributed by atoms with Crippen molar-refractivity contribution >= 4 is 15.7 Å². The first-order valence-corrected chi connectivity index (χ1v) is 11.3. The molecule has 1 amide bonds. The highest BCUT2D eigenvalue weighted by atomic mass is 32.2.